The van der Waals surface area contributed by atoms with Crippen molar-refractivity contribution in [3.63, 3.8) is 0 Å². The predicted octanol–water partition coefficient (Wildman–Crippen LogP) is 4.11. The molecular formula is C24H26N2O4. The Bertz CT molecular complexity index is 859. The van der Waals surface area contributed by atoms with Gasteiger partial charge >= 0.3 is 0 Å². The molecule has 2 amide bonds. The van der Waals surface area contributed by atoms with Crippen LogP contribution in [0.15, 0.2) is 60.7 Å². The third kappa shape index (κ3) is 4.03. The fraction of sp³-hybridized carbons (Fsp3) is 0.333. The minimum Gasteiger partial charge on any atom is -0.497 e. The van der Waals surface area contributed by atoms with Crippen LogP contribution < -0.4 is 20.1 Å². The van der Waals surface area contributed by atoms with Gasteiger partial charge in [0.25, 0.3) is 0 Å². The molecule has 0 aromatic heterocycles. The number of nitrogens with one attached hydrogen (secondary N) is 2. The molecule has 0 radical (unpaired) electrons. The van der Waals surface area contributed by atoms with Gasteiger partial charge in [0.15, 0.2) is 0 Å². The van der Waals surface area contributed by atoms with E-state index in [1.165, 1.54) is 0 Å². The first-order valence-electron chi connectivity index (χ1n) is 10.2. The van der Waals surface area contributed by atoms with Gasteiger partial charge in [-0.25, -0.2) is 0 Å². The van der Waals surface area contributed by atoms with Crippen LogP contribution in [0.25, 0.3) is 0 Å². The zero-order valence-corrected chi connectivity index (χ0v) is 17.1. The summed E-state index contributed by atoms with van der Waals surface area (Å²) in [7, 11) is 3.20. The zero-order chi connectivity index (χ0) is 21.1. The Kier molecular flexibility index (Phi) is 5.74. The van der Waals surface area contributed by atoms with Crippen molar-refractivity contribution >= 4 is 23.2 Å². The largest absolute Gasteiger partial charge is 0.497 e. The molecule has 3 aliphatic carbocycles. The number of carbonyl (C=O) groups is 2. The molecule has 2 bridgehead atoms. The number of benzene rings is 2. The van der Waals surface area contributed by atoms with Crippen molar-refractivity contribution in [1.29, 1.82) is 0 Å². The van der Waals surface area contributed by atoms with Gasteiger partial charge in [0.05, 0.1) is 26.1 Å². The Labute approximate surface area is 176 Å². The highest BCUT2D eigenvalue weighted by atomic mass is 16.5. The van der Waals surface area contributed by atoms with Crippen LogP contribution >= 0.6 is 0 Å². The molecule has 0 heterocycles. The highest BCUT2D eigenvalue weighted by Crippen LogP contribution is 2.45. The summed E-state index contributed by atoms with van der Waals surface area (Å²) >= 11 is 0. The van der Waals surface area contributed by atoms with Gasteiger partial charge in [-0.2, -0.15) is 0 Å². The molecule has 6 nitrogen and oxygen atoms in total. The molecule has 0 unspecified atom stereocenters. The van der Waals surface area contributed by atoms with E-state index < -0.39 is 11.8 Å². The number of allylic oxidation sites excluding steroid dienone is 2. The molecule has 1 fully saturated rings. The monoisotopic (exact) mass is 406 g/mol. The Morgan fingerprint density at radius 2 is 1.07 bits per heavy atom. The Balaban J connectivity index is 1.51. The number of hydrogen-bond acceptors (Lipinski definition) is 4. The summed E-state index contributed by atoms with van der Waals surface area (Å²) in [5.74, 6) is 0.569. The van der Waals surface area contributed by atoms with Crippen LogP contribution in [-0.4, -0.2) is 26.0 Å². The van der Waals surface area contributed by atoms with Crippen LogP contribution in [0.1, 0.15) is 12.8 Å². The quantitative estimate of drug-likeness (QED) is 0.708. The number of methoxy groups -OCH3 is 2. The fourth-order valence-electron chi connectivity index (χ4n) is 4.51. The molecule has 156 valence electrons. The van der Waals surface area contributed by atoms with Crippen LogP contribution in [0.4, 0.5) is 11.4 Å². The first-order chi connectivity index (χ1) is 14.6. The normalized spacial score (nSPS) is 24.2. The molecule has 4 atom stereocenters. The van der Waals surface area contributed by atoms with Crippen LogP contribution in [-0.2, 0) is 9.59 Å². The second-order valence-corrected chi connectivity index (χ2v) is 7.78. The number of anilines is 2. The summed E-state index contributed by atoms with van der Waals surface area (Å²) in [6.07, 6.45) is 6.05. The maximum absolute atomic E-state index is 13.2. The topological polar surface area (TPSA) is 76.7 Å². The SMILES string of the molecule is COc1ccc(NC(=O)[C@H]2[C@H](C(=O)Nc3ccc(OC)cc3)[C@@H]3C=C[C@@H]2CC3)cc1. The fourth-order valence-corrected chi connectivity index (χ4v) is 4.51. The van der Waals surface area contributed by atoms with E-state index >= 15 is 0 Å². The van der Waals surface area contributed by atoms with Crippen molar-refractivity contribution in [2.75, 3.05) is 24.9 Å². The van der Waals surface area contributed by atoms with E-state index in [4.69, 9.17) is 9.47 Å². The summed E-state index contributed by atoms with van der Waals surface area (Å²) in [6, 6.07) is 14.4. The highest BCUT2D eigenvalue weighted by molar-refractivity contribution is 6.00. The Hall–Kier alpha value is -3.28. The molecule has 2 aromatic rings. The van der Waals surface area contributed by atoms with E-state index in [1.807, 2.05) is 0 Å². The molecule has 2 aromatic carbocycles. The number of fused-ring (bicyclic) bond motifs is 2. The van der Waals surface area contributed by atoms with Gasteiger partial charge in [0, 0.05) is 11.4 Å². The number of ether oxygens (including phenoxy) is 2. The molecule has 5 rings (SSSR count). The maximum atomic E-state index is 13.2. The first-order valence-corrected chi connectivity index (χ1v) is 10.2. The average Bonchev–Trinajstić information content (AvgIpc) is 2.80. The third-order valence-electron chi connectivity index (χ3n) is 6.07. The van der Waals surface area contributed by atoms with Gasteiger partial charge in [-0.3, -0.25) is 9.59 Å². The number of carbonyl (C=O) groups excluding carboxylic acids is 2. The van der Waals surface area contributed by atoms with Gasteiger partial charge in [0.2, 0.25) is 11.8 Å². The van der Waals surface area contributed by atoms with E-state index in [0.29, 0.717) is 11.4 Å². The average molecular weight is 406 g/mol. The number of amides is 2. The van der Waals surface area contributed by atoms with E-state index in [1.54, 1.807) is 62.8 Å². The molecule has 0 saturated heterocycles. The molecule has 0 spiro atoms. The van der Waals surface area contributed by atoms with Gasteiger partial charge < -0.3 is 20.1 Å². The molecule has 6 heteroatoms. The number of hydrogen-bond donors (Lipinski definition) is 2. The van der Waals surface area contributed by atoms with Crippen LogP contribution in [0.5, 0.6) is 11.5 Å². The molecule has 30 heavy (non-hydrogen) atoms. The van der Waals surface area contributed by atoms with Crippen molar-refractivity contribution in [2.24, 2.45) is 23.7 Å². The van der Waals surface area contributed by atoms with Gasteiger partial charge in [-0.05, 0) is 73.2 Å². The van der Waals surface area contributed by atoms with Gasteiger partial charge in [-0.1, -0.05) is 12.2 Å². The molecule has 0 aliphatic heterocycles. The Morgan fingerprint density at radius 1 is 0.700 bits per heavy atom. The lowest BCUT2D eigenvalue weighted by Gasteiger charge is -2.43. The summed E-state index contributed by atoms with van der Waals surface area (Å²) in [4.78, 5) is 26.4. The van der Waals surface area contributed by atoms with E-state index in [9.17, 15) is 9.59 Å². The minimum absolute atomic E-state index is 0.0693. The zero-order valence-electron chi connectivity index (χ0n) is 17.1. The summed E-state index contributed by atoms with van der Waals surface area (Å²) in [5, 5.41) is 5.97. The van der Waals surface area contributed by atoms with E-state index in [-0.39, 0.29) is 23.7 Å². The van der Waals surface area contributed by atoms with Crippen LogP contribution in [0.2, 0.25) is 0 Å². The van der Waals surface area contributed by atoms with Crippen LogP contribution in [0, 0.1) is 23.7 Å². The standard InChI is InChI=1S/C24H26N2O4/c1-29-19-11-7-17(8-12-19)25-23(27)21-15-3-5-16(6-4-15)22(21)24(28)26-18-9-13-20(30-2)14-10-18/h3,5,7-16,21-22H,4,6H2,1-2H3,(H,25,27)(H,26,28)/t15-,16-,21-,22-/m1/s1. The summed E-state index contributed by atoms with van der Waals surface area (Å²) in [6.45, 7) is 0. The third-order valence-corrected chi connectivity index (χ3v) is 6.07. The van der Waals surface area contributed by atoms with Gasteiger partial charge in [-0.15, -0.1) is 0 Å². The lowest BCUT2D eigenvalue weighted by Crippen LogP contribution is -2.48. The molecular weight excluding hydrogens is 380 g/mol. The summed E-state index contributed by atoms with van der Waals surface area (Å²) < 4.78 is 10.3. The summed E-state index contributed by atoms with van der Waals surface area (Å²) in [5.41, 5.74) is 1.39. The van der Waals surface area contributed by atoms with E-state index in [2.05, 4.69) is 22.8 Å². The molecule has 1 saturated carbocycles. The minimum atomic E-state index is -0.394. The van der Waals surface area contributed by atoms with Crippen molar-refractivity contribution in [3.05, 3.63) is 60.7 Å². The second-order valence-electron chi connectivity index (χ2n) is 7.78. The van der Waals surface area contributed by atoms with Crippen molar-refractivity contribution in [3.8, 4) is 11.5 Å². The lowest BCUT2D eigenvalue weighted by molar-refractivity contribution is -0.134. The maximum Gasteiger partial charge on any atom is 0.228 e. The lowest BCUT2D eigenvalue weighted by atomic mass is 9.61. The predicted molar refractivity (Wildman–Crippen MR) is 116 cm³/mol. The second kappa shape index (κ2) is 8.61. The van der Waals surface area contributed by atoms with Gasteiger partial charge in [0.1, 0.15) is 11.5 Å². The van der Waals surface area contributed by atoms with E-state index in [0.717, 1.165) is 24.3 Å². The number of rotatable bonds is 6. The first kappa shape index (κ1) is 20.0. The highest BCUT2D eigenvalue weighted by Gasteiger charge is 2.48. The molecule has 3 aliphatic rings. The van der Waals surface area contributed by atoms with Crippen molar-refractivity contribution in [1.82, 2.24) is 0 Å². The van der Waals surface area contributed by atoms with Crippen molar-refractivity contribution in [2.45, 2.75) is 12.8 Å². The van der Waals surface area contributed by atoms with Crippen molar-refractivity contribution < 1.29 is 19.1 Å². The smallest absolute Gasteiger partial charge is 0.228 e. The Morgan fingerprint density at radius 3 is 1.37 bits per heavy atom. The van der Waals surface area contributed by atoms with Crippen LogP contribution in [0.3, 0.4) is 0 Å². The molecule has 2 N–H and O–H groups in total.